The van der Waals surface area contributed by atoms with Crippen molar-refractivity contribution in [2.24, 2.45) is 11.8 Å². The number of Topliss-reactive ketones (excluding diaryl/α,β-unsaturated/α-hetero) is 1. The van der Waals surface area contributed by atoms with Gasteiger partial charge in [0.25, 0.3) is 0 Å². The first kappa shape index (κ1) is 15.0. The van der Waals surface area contributed by atoms with Crippen LogP contribution >= 0.6 is 0 Å². The Morgan fingerprint density at radius 1 is 1.23 bits per heavy atom. The molecular formula is C19H22O3. The number of fused-ring (bicyclic) bond motifs is 2. The van der Waals surface area contributed by atoms with E-state index in [1.54, 1.807) is 0 Å². The highest BCUT2D eigenvalue weighted by molar-refractivity contribution is 5.93. The van der Waals surface area contributed by atoms with E-state index in [9.17, 15) is 9.59 Å². The molecule has 0 heterocycles. The summed E-state index contributed by atoms with van der Waals surface area (Å²) in [4.78, 5) is 24.1. The second-order valence-corrected chi connectivity index (χ2v) is 6.89. The second kappa shape index (κ2) is 5.38. The number of allylic oxidation sites excluding steroid dienone is 2. The zero-order valence-electron chi connectivity index (χ0n) is 13.3. The van der Waals surface area contributed by atoms with Crippen LogP contribution in [0.15, 0.2) is 36.4 Å². The Kier molecular flexibility index (Phi) is 3.67. The van der Waals surface area contributed by atoms with Gasteiger partial charge < -0.3 is 4.74 Å². The van der Waals surface area contributed by atoms with Gasteiger partial charge in [-0.05, 0) is 50.3 Å². The van der Waals surface area contributed by atoms with Crippen LogP contribution in [0, 0.1) is 11.8 Å². The van der Waals surface area contributed by atoms with Gasteiger partial charge in [0, 0.05) is 11.8 Å². The number of esters is 1. The number of benzene rings is 1. The van der Waals surface area contributed by atoms with E-state index < -0.39 is 5.60 Å². The molecule has 3 rings (SSSR count). The Hall–Kier alpha value is -1.90. The summed E-state index contributed by atoms with van der Waals surface area (Å²) in [6.45, 7) is 5.81. The van der Waals surface area contributed by atoms with E-state index in [1.165, 1.54) is 0 Å². The lowest BCUT2D eigenvalue weighted by Crippen LogP contribution is -2.27. The molecule has 0 radical (unpaired) electrons. The molecule has 2 bridgehead atoms. The summed E-state index contributed by atoms with van der Waals surface area (Å²) in [5.41, 5.74) is 1.25. The molecule has 3 nitrogen and oxygen atoms in total. The third kappa shape index (κ3) is 2.60. The predicted molar refractivity (Wildman–Crippen MR) is 84.7 cm³/mol. The fraction of sp³-hybridized carbons (Fsp3) is 0.474. The van der Waals surface area contributed by atoms with Crippen molar-refractivity contribution in [2.75, 3.05) is 0 Å². The van der Waals surface area contributed by atoms with Crippen LogP contribution < -0.4 is 0 Å². The maximum Gasteiger partial charge on any atom is 0.338 e. The maximum absolute atomic E-state index is 12.1. The summed E-state index contributed by atoms with van der Waals surface area (Å²) in [5, 5.41) is 0. The molecule has 2 aliphatic rings. The van der Waals surface area contributed by atoms with Crippen molar-refractivity contribution in [3.05, 3.63) is 47.5 Å². The van der Waals surface area contributed by atoms with Crippen molar-refractivity contribution < 1.29 is 14.3 Å². The van der Waals surface area contributed by atoms with Crippen molar-refractivity contribution in [3.8, 4) is 0 Å². The van der Waals surface area contributed by atoms with Crippen LogP contribution in [-0.2, 0) is 9.53 Å². The molecule has 0 aliphatic heterocycles. The monoisotopic (exact) mass is 298 g/mol. The van der Waals surface area contributed by atoms with E-state index in [-0.39, 0.29) is 23.7 Å². The minimum atomic E-state index is -0.447. The van der Waals surface area contributed by atoms with Gasteiger partial charge in [0.1, 0.15) is 11.4 Å². The van der Waals surface area contributed by atoms with E-state index >= 15 is 0 Å². The third-order valence-corrected chi connectivity index (χ3v) is 4.98. The number of ketones is 1. The van der Waals surface area contributed by atoms with E-state index in [0.29, 0.717) is 11.3 Å². The molecule has 1 fully saturated rings. The molecule has 0 N–H and O–H groups in total. The minimum absolute atomic E-state index is 0.0295. The molecule has 22 heavy (non-hydrogen) atoms. The molecule has 1 aromatic rings. The Morgan fingerprint density at radius 3 is 2.41 bits per heavy atom. The molecule has 0 spiro atoms. The number of ether oxygens (including phenoxy) is 1. The lowest BCUT2D eigenvalue weighted by molar-refractivity contribution is -0.120. The van der Waals surface area contributed by atoms with Crippen LogP contribution in [0.2, 0.25) is 0 Å². The first-order chi connectivity index (χ1) is 10.4. The average Bonchev–Trinajstić information content (AvgIpc) is 3.02. The highest BCUT2D eigenvalue weighted by Gasteiger charge is 2.43. The van der Waals surface area contributed by atoms with Crippen molar-refractivity contribution in [1.82, 2.24) is 0 Å². The normalized spacial score (nSPS) is 26.5. The molecule has 1 aromatic carbocycles. The summed E-state index contributed by atoms with van der Waals surface area (Å²) < 4.78 is 5.50. The number of carbonyl (C=O) groups is 2. The Bertz CT molecular complexity index is 625. The Balaban J connectivity index is 1.73. The first-order valence-electron chi connectivity index (χ1n) is 7.96. The molecule has 0 saturated heterocycles. The van der Waals surface area contributed by atoms with Gasteiger partial charge in [-0.1, -0.05) is 31.2 Å². The molecular weight excluding hydrogens is 276 g/mol. The first-order valence-corrected chi connectivity index (χ1v) is 7.96. The molecule has 3 atom stereocenters. The van der Waals surface area contributed by atoms with Crippen LogP contribution in [0.4, 0.5) is 0 Å². The molecule has 116 valence electrons. The summed E-state index contributed by atoms with van der Waals surface area (Å²) in [5.74, 6) is 0.451. The van der Waals surface area contributed by atoms with Crippen LogP contribution in [0.3, 0.4) is 0 Å². The quantitative estimate of drug-likeness (QED) is 0.625. The van der Waals surface area contributed by atoms with Crippen molar-refractivity contribution in [3.63, 3.8) is 0 Å². The lowest BCUT2D eigenvalue weighted by Gasteiger charge is -2.23. The van der Waals surface area contributed by atoms with Crippen molar-refractivity contribution >= 4 is 11.8 Å². The van der Waals surface area contributed by atoms with Crippen LogP contribution in [0.1, 0.15) is 55.5 Å². The predicted octanol–water partition coefficient (Wildman–Crippen LogP) is 3.89. The molecule has 0 amide bonds. The smallest absolute Gasteiger partial charge is 0.338 e. The minimum Gasteiger partial charge on any atom is -0.456 e. The maximum atomic E-state index is 12.1. The lowest BCUT2D eigenvalue weighted by atomic mass is 9.86. The summed E-state index contributed by atoms with van der Waals surface area (Å²) in [7, 11) is 0. The fourth-order valence-corrected chi connectivity index (χ4v) is 3.23. The van der Waals surface area contributed by atoms with Gasteiger partial charge in [-0.15, -0.1) is 0 Å². The summed E-state index contributed by atoms with van der Waals surface area (Å²) in [6, 6.07) is 7.54. The zero-order chi connectivity index (χ0) is 15.9. The van der Waals surface area contributed by atoms with Crippen LogP contribution in [0.25, 0.3) is 0 Å². The summed E-state index contributed by atoms with van der Waals surface area (Å²) >= 11 is 0. The van der Waals surface area contributed by atoms with Gasteiger partial charge in [-0.2, -0.15) is 0 Å². The fourth-order valence-electron chi connectivity index (χ4n) is 3.23. The number of rotatable bonds is 4. The van der Waals surface area contributed by atoms with Gasteiger partial charge in [0.05, 0.1) is 5.56 Å². The molecule has 3 heteroatoms. The van der Waals surface area contributed by atoms with Gasteiger partial charge >= 0.3 is 5.97 Å². The van der Waals surface area contributed by atoms with E-state index in [4.69, 9.17) is 4.74 Å². The molecule has 1 saturated carbocycles. The van der Waals surface area contributed by atoms with Crippen molar-refractivity contribution in [2.45, 2.75) is 45.1 Å². The highest BCUT2D eigenvalue weighted by atomic mass is 16.6. The molecule has 3 unspecified atom stereocenters. The average molecular weight is 298 g/mol. The van der Waals surface area contributed by atoms with E-state index in [1.807, 2.05) is 57.2 Å². The second-order valence-electron chi connectivity index (χ2n) is 6.89. The summed E-state index contributed by atoms with van der Waals surface area (Å²) in [6.07, 6.45) is 5.73. The standard InChI is InChI=1S/C19H22O3/c1-4-19(2,3)22-18(21)13-7-5-12(6-8-13)16-11-14-9-10-15(16)17(14)20/h5-10,14-16H,4,11H2,1-3H3. The largest absolute Gasteiger partial charge is 0.456 e. The zero-order valence-corrected chi connectivity index (χ0v) is 13.3. The van der Waals surface area contributed by atoms with Gasteiger partial charge in [0.15, 0.2) is 0 Å². The number of hydrogen-bond acceptors (Lipinski definition) is 3. The van der Waals surface area contributed by atoms with Gasteiger partial charge in [-0.25, -0.2) is 4.79 Å². The van der Waals surface area contributed by atoms with Gasteiger partial charge in [0.2, 0.25) is 0 Å². The SMILES string of the molecule is CCC(C)(C)OC(=O)c1ccc(C2CC3C=CC2C3=O)cc1. The number of carbonyl (C=O) groups excluding carboxylic acids is 2. The topological polar surface area (TPSA) is 43.4 Å². The molecule has 2 aliphatic carbocycles. The third-order valence-electron chi connectivity index (χ3n) is 4.98. The van der Waals surface area contributed by atoms with E-state index in [2.05, 4.69) is 0 Å². The highest BCUT2D eigenvalue weighted by Crippen LogP contribution is 2.46. The Morgan fingerprint density at radius 2 is 1.91 bits per heavy atom. The molecule has 0 aromatic heterocycles. The van der Waals surface area contributed by atoms with Crippen LogP contribution in [-0.4, -0.2) is 17.4 Å². The van der Waals surface area contributed by atoms with Crippen LogP contribution in [0.5, 0.6) is 0 Å². The Labute approximate surface area is 131 Å². The van der Waals surface area contributed by atoms with Gasteiger partial charge in [-0.3, -0.25) is 4.79 Å². The van der Waals surface area contributed by atoms with E-state index in [0.717, 1.165) is 18.4 Å². The van der Waals surface area contributed by atoms with Crippen molar-refractivity contribution in [1.29, 1.82) is 0 Å². The number of hydrogen-bond donors (Lipinski definition) is 0.